The van der Waals surface area contributed by atoms with Crippen molar-refractivity contribution in [2.75, 3.05) is 13.1 Å². The molecule has 1 saturated heterocycles. The summed E-state index contributed by atoms with van der Waals surface area (Å²) in [6.07, 6.45) is 2.62. The summed E-state index contributed by atoms with van der Waals surface area (Å²) in [7, 11) is 0. The lowest BCUT2D eigenvalue weighted by molar-refractivity contribution is -0.127. The molecule has 0 N–H and O–H groups in total. The highest BCUT2D eigenvalue weighted by Gasteiger charge is 2.19. The fourth-order valence-corrected chi connectivity index (χ4v) is 2.11. The lowest BCUT2D eigenvalue weighted by Gasteiger charge is -2.15. The molecule has 1 aliphatic rings. The van der Waals surface area contributed by atoms with Crippen LogP contribution in [0.25, 0.3) is 0 Å². The lowest BCUT2D eigenvalue weighted by Crippen LogP contribution is -2.26. The van der Waals surface area contributed by atoms with Crippen LogP contribution in [0.3, 0.4) is 0 Å². The Bertz CT molecular complexity index is 364. The van der Waals surface area contributed by atoms with Crippen molar-refractivity contribution in [3.8, 4) is 0 Å². The number of halogens is 1. The molecule has 1 aliphatic heterocycles. The number of amides is 1. The first-order chi connectivity index (χ1) is 7.25. The molecule has 0 radical (unpaired) electrons. The second kappa shape index (κ2) is 4.67. The third-order valence-corrected chi connectivity index (χ3v) is 2.97. The van der Waals surface area contributed by atoms with Crippen LogP contribution in [-0.2, 0) is 11.2 Å². The third kappa shape index (κ3) is 2.72. The second-order valence-electron chi connectivity index (χ2n) is 3.86. The van der Waals surface area contributed by atoms with Crippen LogP contribution in [0.5, 0.6) is 0 Å². The molecule has 0 saturated carbocycles. The van der Waals surface area contributed by atoms with Gasteiger partial charge in [-0.25, -0.2) is 0 Å². The van der Waals surface area contributed by atoms with Crippen LogP contribution in [0, 0.1) is 0 Å². The van der Waals surface area contributed by atoms with Gasteiger partial charge in [-0.05, 0) is 30.5 Å². The number of benzene rings is 1. The Labute approximate surface area is 94.8 Å². The van der Waals surface area contributed by atoms with Gasteiger partial charge in [0.15, 0.2) is 0 Å². The number of likely N-dealkylation sites (tertiary alicyclic amines) is 1. The second-order valence-corrected chi connectivity index (χ2v) is 4.30. The predicted octanol–water partition coefficient (Wildman–Crippen LogP) is 2.50. The molecule has 0 unspecified atom stereocenters. The average molecular weight is 224 g/mol. The molecule has 1 aromatic rings. The summed E-state index contributed by atoms with van der Waals surface area (Å²) in [6, 6.07) is 7.82. The molecule has 15 heavy (non-hydrogen) atoms. The molecule has 0 aliphatic carbocycles. The highest BCUT2D eigenvalue weighted by molar-refractivity contribution is 6.30. The zero-order valence-corrected chi connectivity index (χ0v) is 9.33. The van der Waals surface area contributed by atoms with E-state index in [2.05, 4.69) is 0 Å². The van der Waals surface area contributed by atoms with Crippen molar-refractivity contribution in [1.82, 2.24) is 4.90 Å². The Hall–Kier alpha value is -1.02. The van der Waals surface area contributed by atoms with Gasteiger partial charge in [0.1, 0.15) is 0 Å². The number of nitrogens with zero attached hydrogens (tertiary/aromatic N) is 1. The van der Waals surface area contributed by atoms with Gasteiger partial charge in [0, 0.05) is 24.5 Å². The van der Waals surface area contributed by atoms with E-state index in [9.17, 15) is 4.79 Å². The van der Waals surface area contributed by atoms with Gasteiger partial charge in [-0.15, -0.1) is 0 Å². The molecule has 0 bridgehead atoms. The third-order valence-electron chi connectivity index (χ3n) is 2.73. The van der Waals surface area contributed by atoms with Gasteiger partial charge in [0.05, 0.1) is 0 Å². The highest BCUT2D eigenvalue weighted by atomic mass is 35.5. The van der Waals surface area contributed by atoms with E-state index >= 15 is 0 Å². The molecule has 0 aromatic heterocycles. The molecule has 0 atom stereocenters. The van der Waals surface area contributed by atoms with Crippen LogP contribution in [0.4, 0.5) is 0 Å². The molecule has 1 amide bonds. The average Bonchev–Trinajstić information content (AvgIpc) is 2.61. The maximum Gasteiger partial charge on any atom is 0.222 e. The maximum absolute atomic E-state index is 11.4. The minimum atomic E-state index is 0.289. The van der Waals surface area contributed by atoms with E-state index in [-0.39, 0.29) is 5.91 Å². The summed E-state index contributed by atoms with van der Waals surface area (Å²) in [5.41, 5.74) is 1.20. The van der Waals surface area contributed by atoms with E-state index < -0.39 is 0 Å². The van der Waals surface area contributed by atoms with Crippen LogP contribution in [0.15, 0.2) is 24.3 Å². The molecule has 2 rings (SSSR count). The number of carbonyl (C=O) groups excluding carboxylic acids is 1. The molecule has 1 fully saturated rings. The summed E-state index contributed by atoms with van der Waals surface area (Å²) in [5, 5.41) is 0.764. The molecule has 0 spiro atoms. The largest absolute Gasteiger partial charge is 0.342 e. The van der Waals surface area contributed by atoms with Crippen LogP contribution in [0.2, 0.25) is 5.02 Å². The standard InChI is InChI=1S/C12H14ClNO/c13-11-4-1-3-10(9-11)6-8-14-7-2-5-12(14)15/h1,3-4,9H,2,5-8H2. The first-order valence-electron chi connectivity index (χ1n) is 5.28. The number of rotatable bonds is 3. The Morgan fingerprint density at radius 2 is 2.27 bits per heavy atom. The number of hydrogen-bond acceptors (Lipinski definition) is 1. The van der Waals surface area contributed by atoms with E-state index in [1.54, 1.807) is 0 Å². The zero-order valence-electron chi connectivity index (χ0n) is 8.58. The summed E-state index contributed by atoms with van der Waals surface area (Å²) in [6.45, 7) is 1.73. The van der Waals surface area contributed by atoms with Crippen molar-refractivity contribution in [2.24, 2.45) is 0 Å². The fraction of sp³-hybridized carbons (Fsp3) is 0.417. The van der Waals surface area contributed by atoms with Crippen LogP contribution in [-0.4, -0.2) is 23.9 Å². The summed E-state index contributed by atoms with van der Waals surface area (Å²) < 4.78 is 0. The monoisotopic (exact) mass is 223 g/mol. The molecular formula is C12H14ClNO. The van der Waals surface area contributed by atoms with Gasteiger partial charge in [-0.2, -0.15) is 0 Å². The Morgan fingerprint density at radius 3 is 2.93 bits per heavy atom. The lowest BCUT2D eigenvalue weighted by atomic mass is 10.1. The van der Waals surface area contributed by atoms with Crippen molar-refractivity contribution >= 4 is 17.5 Å². The van der Waals surface area contributed by atoms with Crippen LogP contribution < -0.4 is 0 Å². The molecule has 80 valence electrons. The quantitative estimate of drug-likeness (QED) is 0.771. The smallest absolute Gasteiger partial charge is 0.222 e. The van der Waals surface area contributed by atoms with Gasteiger partial charge in [-0.1, -0.05) is 23.7 Å². The van der Waals surface area contributed by atoms with Gasteiger partial charge in [0.2, 0.25) is 5.91 Å². The molecule has 1 heterocycles. The predicted molar refractivity (Wildman–Crippen MR) is 61.0 cm³/mol. The van der Waals surface area contributed by atoms with Crippen molar-refractivity contribution in [1.29, 1.82) is 0 Å². The Balaban J connectivity index is 1.90. The first kappa shape index (κ1) is 10.5. The van der Waals surface area contributed by atoms with Crippen LogP contribution in [0.1, 0.15) is 18.4 Å². The Morgan fingerprint density at radius 1 is 1.40 bits per heavy atom. The first-order valence-corrected chi connectivity index (χ1v) is 5.66. The highest BCUT2D eigenvalue weighted by Crippen LogP contribution is 2.14. The van der Waals surface area contributed by atoms with Gasteiger partial charge < -0.3 is 4.90 Å². The summed E-state index contributed by atoms with van der Waals surface area (Å²) in [4.78, 5) is 13.3. The van der Waals surface area contributed by atoms with Crippen molar-refractivity contribution in [3.63, 3.8) is 0 Å². The fourth-order valence-electron chi connectivity index (χ4n) is 1.90. The van der Waals surface area contributed by atoms with E-state index in [4.69, 9.17) is 11.6 Å². The van der Waals surface area contributed by atoms with E-state index in [1.807, 2.05) is 29.2 Å². The SMILES string of the molecule is O=C1CCCN1CCc1cccc(Cl)c1. The van der Waals surface area contributed by atoms with Gasteiger partial charge in [0.25, 0.3) is 0 Å². The molecule has 3 heteroatoms. The molecule has 1 aromatic carbocycles. The van der Waals surface area contributed by atoms with Gasteiger partial charge >= 0.3 is 0 Å². The topological polar surface area (TPSA) is 20.3 Å². The van der Waals surface area contributed by atoms with Crippen molar-refractivity contribution in [2.45, 2.75) is 19.3 Å². The van der Waals surface area contributed by atoms with Crippen LogP contribution >= 0.6 is 11.6 Å². The zero-order chi connectivity index (χ0) is 10.7. The number of carbonyl (C=O) groups is 1. The van der Waals surface area contributed by atoms with E-state index in [0.29, 0.717) is 0 Å². The summed E-state index contributed by atoms with van der Waals surface area (Å²) in [5.74, 6) is 0.289. The van der Waals surface area contributed by atoms with Crippen molar-refractivity contribution in [3.05, 3.63) is 34.9 Å². The van der Waals surface area contributed by atoms with E-state index in [0.717, 1.165) is 37.4 Å². The minimum absolute atomic E-state index is 0.289. The molecule has 2 nitrogen and oxygen atoms in total. The number of hydrogen-bond donors (Lipinski definition) is 0. The molecular weight excluding hydrogens is 210 g/mol. The maximum atomic E-state index is 11.4. The normalized spacial score (nSPS) is 16.1. The summed E-state index contributed by atoms with van der Waals surface area (Å²) >= 11 is 5.89. The Kier molecular flexibility index (Phi) is 3.27. The minimum Gasteiger partial charge on any atom is -0.342 e. The van der Waals surface area contributed by atoms with Crippen molar-refractivity contribution < 1.29 is 4.79 Å². The van der Waals surface area contributed by atoms with Gasteiger partial charge in [-0.3, -0.25) is 4.79 Å². The van der Waals surface area contributed by atoms with E-state index in [1.165, 1.54) is 5.56 Å².